The van der Waals surface area contributed by atoms with Gasteiger partial charge in [-0.15, -0.1) is 0 Å². The summed E-state index contributed by atoms with van der Waals surface area (Å²) in [6, 6.07) is 15.5. The molecule has 2 aromatic carbocycles. The molecule has 0 aliphatic rings. The summed E-state index contributed by atoms with van der Waals surface area (Å²) in [6.45, 7) is 10.5. The smallest absolute Gasteiger partial charge is 0.260 e. The molecule has 0 spiro atoms. The van der Waals surface area contributed by atoms with Gasteiger partial charge < -0.3 is 9.64 Å². The summed E-state index contributed by atoms with van der Waals surface area (Å²) in [4.78, 5) is 22.3. The Balaban J connectivity index is 1.82. The van der Waals surface area contributed by atoms with E-state index in [2.05, 4.69) is 25.7 Å². The van der Waals surface area contributed by atoms with Crippen molar-refractivity contribution in [1.82, 2.24) is 9.88 Å². The van der Waals surface area contributed by atoms with Crippen molar-refractivity contribution in [3.63, 3.8) is 0 Å². The number of nitrogens with zero attached hydrogens (tertiary/aromatic N) is 3. The van der Waals surface area contributed by atoms with Crippen LogP contribution in [0.1, 0.15) is 44.0 Å². The van der Waals surface area contributed by atoms with Crippen molar-refractivity contribution in [2.24, 2.45) is 0 Å². The SMILES string of the molecule is CCCCOc1ccc(C(=O)N(CCN(CC)CC)c2nc3ccccc3s2)cc1. The van der Waals surface area contributed by atoms with Crippen molar-refractivity contribution < 1.29 is 9.53 Å². The van der Waals surface area contributed by atoms with E-state index in [1.165, 1.54) is 0 Å². The number of aromatic nitrogens is 1. The largest absolute Gasteiger partial charge is 0.494 e. The minimum absolute atomic E-state index is 0.0266. The van der Waals surface area contributed by atoms with Crippen LogP contribution in [0.25, 0.3) is 10.2 Å². The second kappa shape index (κ2) is 11.1. The predicted octanol–water partition coefficient (Wildman–Crippen LogP) is 5.46. The molecule has 5 nitrogen and oxygen atoms in total. The van der Waals surface area contributed by atoms with Gasteiger partial charge in [-0.1, -0.05) is 50.7 Å². The van der Waals surface area contributed by atoms with Crippen LogP contribution in [0.3, 0.4) is 0 Å². The second-order valence-corrected chi connectivity index (χ2v) is 8.18. The van der Waals surface area contributed by atoms with E-state index in [1.807, 2.05) is 53.4 Å². The van der Waals surface area contributed by atoms with Crippen LogP contribution in [0, 0.1) is 0 Å². The van der Waals surface area contributed by atoms with E-state index in [4.69, 9.17) is 9.72 Å². The number of anilines is 1. The van der Waals surface area contributed by atoms with Crippen LogP contribution in [0.15, 0.2) is 48.5 Å². The maximum atomic E-state index is 13.4. The molecule has 6 heteroatoms. The van der Waals surface area contributed by atoms with Crippen molar-refractivity contribution in [2.45, 2.75) is 33.6 Å². The summed E-state index contributed by atoms with van der Waals surface area (Å²) in [5, 5.41) is 0.747. The first-order valence-corrected chi connectivity index (χ1v) is 11.6. The highest BCUT2D eigenvalue weighted by molar-refractivity contribution is 7.22. The first-order valence-electron chi connectivity index (χ1n) is 10.8. The second-order valence-electron chi connectivity index (χ2n) is 7.17. The van der Waals surface area contributed by atoms with Gasteiger partial charge in [0.1, 0.15) is 5.75 Å². The average molecular weight is 426 g/mol. The highest BCUT2D eigenvalue weighted by Crippen LogP contribution is 2.29. The van der Waals surface area contributed by atoms with Crippen LogP contribution in [0.5, 0.6) is 5.75 Å². The predicted molar refractivity (Wildman–Crippen MR) is 126 cm³/mol. The number of carbonyl (C=O) groups excluding carboxylic acids is 1. The Labute approximate surface area is 183 Å². The lowest BCUT2D eigenvalue weighted by molar-refractivity contribution is 0.0983. The molecule has 0 atom stereocenters. The van der Waals surface area contributed by atoms with E-state index in [0.29, 0.717) is 18.7 Å². The number of likely N-dealkylation sites (N-methyl/N-ethyl adjacent to an activating group) is 1. The zero-order valence-electron chi connectivity index (χ0n) is 18.1. The third-order valence-electron chi connectivity index (χ3n) is 5.16. The van der Waals surface area contributed by atoms with E-state index in [9.17, 15) is 4.79 Å². The normalized spacial score (nSPS) is 11.2. The van der Waals surface area contributed by atoms with Gasteiger partial charge in [0.2, 0.25) is 0 Å². The standard InChI is InChI=1S/C24H31N3O2S/c1-4-7-18-29-20-14-12-19(13-15-20)23(28)27(17-16-26(5-2)6-3)24-25-21-10-8-9-11-22(21)30-24/h8-15H,4-7,16-18H2,1-3H3. The molecule has 0 bridgehead atoms. The molecule has 1 amide bonds. The fourth-order valence-corrected chi connectivity index (χ4v) is 4.21. The zero-order chi connectivity index (χ0) is 21.3. The molecule has 160 valence electrons. The Morgan fingerprint density at radius 2 is 1.73 bits per heavy atom. The minimum Gasteiger partial charge on any atom is -0.494 e. The van der Waals surface area contributed by atoms with Gasteiger partial charge in [-0.25, -0.2) is 4.98 Å². The Kier molecular flexibility index (Phi) is 8.22. The van der Waals surface area contributed by atoms with Crippen LogP contribution in [0.2, 0.25) is 0 Å². The number of benzene rings is 2. The first-order chi connectivity index (χ1) is 14.7. The number of para-hydroxylation sites is 1. The number of carbonyl (C=O) groups is 1. The number of amides is 1. The first kappa shape index (κ1) is 22.2. The number of thiazole rings is 1. The molecule has 0 radical (unpaired) electrons. The monoisotopic (exact) mass is 425 g/mol. The van der Waals surface area contributed by atoms with Crippen LogP contribution < -0.4 is 9.64 Å². The maximum absolute atomic E-state index is 13.4. The number of unbranched alkanes of at least 4 members (excludes halogenated alkanes) is 1. The highest BCUT2D eigenvalue weighted by atomic mass is 32.1. The third kappa shape index (κ3) is 5.58. The molecular formula is C24H31N3O2S. The molecular weight excluding hydrogens is 394 g/mol. The van der Waals surface area contributed by atoms with Crippen molar-refractivity contribution in [1.29, 1.82) is 0 Å². The van der Waals surface area contributed by atoms with Gasteiger partial charge >= 0.3 is 0 Å². The molecule has 3 rings (SSSR count). The molecule has 1 heterocycles. The maximum Gasteiger partial charge on any atom is 0.260 e. The molecule has 1 aromatic heterocycles. The molecule has 0 aliphatic heterocycles. The summed E-state index contributed by atoms with van der Waals surface area (Å²) in [7, 11) is 0. The van der Waals surface area contributed by atoms with E-state index < -0.39 is 0 Å². The Morgan fingerprint density at radius 3 is 2.40 bits per heavy atom. The van der Waals surface area contributed by atoms with Gasteiger partial charge in [0, 0.05) is 18.7 Å². The molecule has 3 aromatic rings. The molecule has 0 saturated heterocycles. The Bertz CT molecular complexity index is 902. The van der Waals surface area contributed by atoms with Gasteiger partial charge in [-0.2, -0.15) is 0 Å². The molecule has 0 aliphatic carbocycles. The van der Waals surface area contributed by atoms with Crippen molar-refractivity contribution >= 4 is 32.6 Å². The zero-order valence-corrected chi connectivity index (χ0v) is 19.0. The van der Waals surface area contributed by atoms with Crippen LogP contribution in [-0.4, -0.2) is 48.6 Å². The Hall–Kier alpha value is -2.44. The van der Waals surface area contributed by atoms with E-state index in [1.54, 1.807) is 11.3 Å². The number of fused-ring (bicyclic) bond motifs is 1. The lowest BCUT2D eigenvalue weighted by Gasteiger charge is -2.24. The summed E-state index contributed by atoms with van der Waals surface area (Å²) >= 11 is 1.56. The van der Waals surface area contributed by atoms with E-state index in [-0.39, 0.29) is 5.91 Å². The van der Waals surface area contributed by atoms with Gasteiger partial charge in [0.25, 0.3) is 5.91 Å². The molecule has 30 heavy (non-hydrogen) atoms. The number of ether oxygens (including phenoxy) is 1. The Morgan fingerprint density at radius 1 is 1.00 bits per heavy atom. The third-order valence-corrected chi connectivity index (χ3v) is 6.22. The van der Waals surface area contributed by atoms with E-state index in [0.717, 1.165) is 53.6 Å². The van der Waals surface area contributed by atoms with Crippen LogP contribution in [0.4, 0.5) is 5.13 Å². The number of hydrogen-bond acceptors (Lipinski definition) is 5. The van der Waals surface area contributed by atoms with Gasteiger partial charge in [0.15, 0.2) is 5.13 Å². The van der Waals surface area contributed by atoms with Crippen LogP contribution in [-0.2, 0) is 0 Å². The number of rotatable bonds is 11. The molecule has 0 saturated carbocycles. The van der Waals surface area contributed by atoms with Gasteiger partial charge in [-0.3, -0.25) is 9.69 Å². The van der Waals surface area contributed by atoms with Crippen molar-refractivity contribution in [2.75, 3.05) is 37.7 Å². The summed E-state index contributed by atoms with van der Waals surface area (Å²) in [5.74, 6) is 0.774. The quantitative estimate of drug-likeness (QED) is 0.383. The number of hydrogen-bond donors (Lipinski definition) is 0. The van der Waals surface area contributed by atoms with Gasteiger partial charge in [-0.05, 0) is 55.9 Å². The lowest BCUT2D eigenvalue weighted by atomic mass is 10.2. The molecule has 0 N–H and O–H groups in total. The topological polar surface area (TPSA) is 45.7 Å². The lowest BCUT2D eigenvalue weighted by Crippen LogP contribution is -2.38. The van der Waals surface area contributed by atoms with Crippen LogP contribution >= 0.6 is 11.3 Å². The highest BCUT2D eigenvalue weighted by Gasteiger charge is 2.22. The van der Waals surface area contributed by atoms with E-state index >= 15 is 0 Å². The van der Waals surface area contributed by atoms with Crippen molar-refractivity contribution in [3.05, 3.63) is 54.1 Å². The average Bonchev–Trinajstić information content (AvgIpc) is 3.21. The van der Waals surface area contributed by atoms with Crippen molar-refractivity contribution in [3.8, 4) is 5.75 Å². The summed E-state index contributed by atoms with van der Waals surface area (Å²) in [5.41, 5.74) is 1.58. The molecule has 0 unspecified atom stereocenters. The fourth-order valence-electron chi connectivity index (χ4n) is 3.22. The fraction of sp³-hybridized carbons (Fsp3) is 0.417. The van der Waals surface area contributed by atoms with Gasteiger partial charge in [0.05, 0.1) is 16.8 Å². The summed E-state index contributed by atoms with van der Waals surface area (Å²) in [6.07, 6.45) is 2.12. The summed E-state index contributed by atoms with van der Waals surface area (Å²) < 4.78 is 6.82. The minimum atomic E-state index is -0.0266. The molecule has 0 fully saturated rings.